The number of benzene rings is 1. The molecule has 0 saturated heterocycles. The summed E-state index contributed by atoms with van der Waals surface area (Å²) in [4.78, 5) is 13.9. The number of rotatable bonds is 3. The highest BCUT2D eigenvalue weighted by molar-refractivity contribution is 8.00. The summed E-state index contributed by atoms with van der Waals surface area (Å²) in [5.74, 6) is -0.359. The molecule has 1 rings (SSSR count). The van der Waals surface area contributed by atoms with Crippen molar-refractivity contribution >= 4 is 23.4 Å². The summed E-state index contributed by atoms with van der Waals surface area (Å²) in [6.45, 7) is 1.80. The molecule has 5 heteroatoms. The monoisotopic (exact) mass is 242 g/mol. The van der Waals surface area contributed by atoms with Crippen molar-refractivity contribution in [2.45, 2.75) is 17.1 Å². The molecule has 0 spiro atoms. The van der Waals surface area contributed by atoms with Gasteiger partial charge in [0.05, 0.1) is 5.25 Å². The second-order valence-electron chi connectivity index (χ2n) is 3.67. The summed E-state index contributed by atoms with van der Waals surface area (Å²) in [5.41, 5.74) is 6.02. The van der Waals surface area contributed by atoms with E-state index in [0.717, 1.165) is 4.90 Å². The SMILES string of the molecule is CC(Sc1ccc(F)cc1N)C(=O)N(C)C. The maximum Gasteiger partial charge on any atom is 0.235 e. The first kappa shape index (κ1) is 12.8. The molecular formula is C11H15FN2OS. The number of amides is 1. The van der Waals surface area contributed by atoms with E-state index in [0.29, 0.717) is 5.69 Å². The molecular weight excluding hydrogens is 227 g/mol. The van der Waals surface area contributed by atoms with E-state index in [1.807, 2.05) is 0 Å². The lowest BCUT2D eigenvalue weighted by atomic mass is 10.3. The molecule has 1 atom stereocenters. The van der Waals surface area contributed by atoms with Crippen molar-refractivity contribution in [2.24, 2.45) is 0 Å². The number of nitrogen functional groups attached to an aromatic ring is 1. The van der Waals surface area contributed by atoms with Gasteiger partial charge in [0.1, 0.15) is 5.82 Å². The molecule has 0 heterocycles. The molecule has 0 bridgehead atoms. The van der Waals surface area contributed by atoms with E-state index >= 15 is 0 Å². The number of carbonyl (C=O) groups excluding carboxylic acids is 1. The third-order valence-corrected chi connectivity index (χ3v) is 3.25. The predicted molar refractivity (Wildman–Crippen MR) is 64.8 cm³/mol. The molecule has 1 unspecified atom stereocenters. The van der Waals surface area contributed by atoms with Gasteiger partial charge in [-0.25, -0.2) is 4.39 Å². The zero-order chi connectivity index (χ0) is 12.3. The molecule has 0 saturated carbocycles. The lowest BCUT2D eigenvalue weighted by Crippen LogP contribution is -2.29. The number of anilines is 1. The van der Waals surface area contributed by atoms with E-state index < -0.39 is 0 Å². The van der Waals surface area contributed by atoms with Crippen LogP contribution >= 0.6 is 11.8 Å². The summed E-state index contributed by atoms with van der Waals surface area (Å²) >= 11 is 1.33. The highest BCUT2D eigenvalue weighted by atomic mass is 32.2. The smallest absolute Gasteiger partial charge is 0.235 e. The predicted octanol–water partition coefficient (Wildman–Crippen LogP) is 1.98. The first-order valence-electron chi connectivity index (χ1n) is 4.84. The Kier molecular flexibility index (Phi) is 4.18. The number of nitrogens with two attached hydrogens (primary N) is 1. The standard InChI is InChI=1S/C11H15FN2OS/c1-7(11(15)14(2)3)16-10-5-4-8(12)6-9(10)13/h4-7H,13H2,1-3H3. The van der Waals surface area contributed by atoms with E-state index in [1.165, 1.54) is 28.8 Å². The van der Waals surface area contributed by atoms with Crippen molar-refractivity contribution in [3.05, 3.63) is 24.0 Å². The Bertz CT molecular complexity index is 396. The Morgan fingerprint density at radius 3 is 2.62 bits per heavy atom. The first-order valence-corrected chi connectivity index (χ1v) is 5.72. The summed E-state index contributed by atoms with van der Waals surface area (Å²) in [6, 6.07) is 4.19. The Labute approximate surface area is 98.8 Å². The van der Waals surface area contributed by atoms with Crippen molar-refractivity contribution in [3.63, 3.8) is 0 Å². The Hall–Kier alpha value is -1.23. The summed E-state index contributed by atoms with van der Waals surface area (Å²) in [5, 5.41) is -0.234. The number of carbonyl (C=O) groups is 1. The van der Waals surface area contributed by atoms with Gasteiger partial charge in [0.15, 0.2) is 0 Å². The average molecular weight is 242 g/mol. The molecule has 0 aliphatic rings. The minimum Gasteiger partial charge on any atom is -0.398 e. The van der Waals surface area contributed by atoms with Crippen LogP contribution in [0.25, 0.3) is 0 Å². The van der Waals surface area contributed by atoms with Crippen LogP contribution in [0.3, 0.4) is 0 Å². The van der Waals surface area contributed by atoms with Gasteiger partial charge in [-0.1, -0.05) is 0 Å². The van der Waals surface area contributed by atoms with Gasteiger partial charge in [-0.3, -0.25) is 4.79 Å². The van der Waals surface area contributed by atoms with Crippen LogP contribution in [0.4, 0.5) is 10.1 Å². The van der Waals surface area contributed by atoms with Gasteiger partial charge in [0.2, 0.25) is 5.91 Å². The summed E-state index contributed by atoms with van der Waals surface area (Å²) < 4.78 is 12.8. The molecule has 16 heavy (non-hydrogen) atoms. The van der Waals surface area contributed by atoms with Crippen LogP contribution in [0.15, 0.2) is 23.1 Å². The molecule has 0 aliphatic heterocycles. The van der Waals surface area contributed by atoms with Crippen LogP contribution in [0.5, 0.6) is 0 Å². The summed E-state index contributed by atoms with van der Waals surface area (Å²) in [7, 11) is 3.40. The third-order valence-electron chi connectivity index (χ3n) is 2.06. The minimum absolute atomic E-state index is 0.00808. The van der Waals surface area contributed by atoms with Crippen LogP contribution < -0.4 is 5.73 Å². The molecule has 0 aliphatic carbocycles. The molecule has 0 aromatic heterocycles. The zero-order valence-electron chi connectivity index (χ0n) is 9.53. The van der Waals surface area contributed by atoms with E-state index in [2.05, 4.69) is 0 Å². The van der Waals surface area contributed by atoms with Gasteiger partial charge in [-0.15, -0.1) is 11.8 Å². The molecule has 1 aromatic rings. The topological polar surface area (TPSA) is 46.3 Å². The fraction of sp³-hybridized carbons (Fsp3) is 0.364. The van der Waals surface area contributed by atoms with Crippen molar-refractivity contribution in [1.82, 2.24) is 4.90 Å². The number of thioether (sulfide) groups is 1. The van der Waals surface area contributed by atoms with Gasteiger partial charge in [0, 0.05) is 24.7 Å². The molecule has 3 nitrogen and oxygen atoms in total. The van der Waals surface area contributed by atoms with Crippen molar-refractivity contribution in [1.29, 1.82) is 0 Å². The van der Waals surface area contributed by atoms with Crippen molar-refractivity contribution < 1.29 is 9.18 Å². The Morgan fingerprint density at radius 2 is 2.12 bits per heavy atom. The van der Waals surface area contributed by atoms with Crippen molar-refractivity contribution in [2.75, 3.05) is 19.8 Å². The fourth-order valence-corrected chi connectivity index (χ4v) is 2.27. The van der Waals surface area contributed by atoms with Gasteiger partial charge < -0.3 is 10.6 Å². The maximum absolute atomic E-state index is 12.8. The van der Waals surface area contributed by atoms with Gasteiger partial charge in [-0.2, -0.15) is 0 Å². The Balaban J connectivity index is 2.77. The molecule has 1 aromatic carbocycles. The van der Waals surface area contributed by atoms with Crippen LogP contribution in [0, 0.1) is 5.82 Å². The van der Waals surface area contributed by atoms with E-state index in [1.54, 1.807) is 27.1 Å². The quantitative estimate of drug-likeness (QED) is 0.651. The van der Waals surface area contributed by atoms with E-state index in [-0.39, 0.29) is 17.0 Å². The lowest BCUT2D eigenvalue weighted by molar-refractivity contribution is -0.127. The van der Waals surface area contributed by atoms with Gasteiger partial charge >= 0.3 is 0 Å². The number of hydrogen-bond donors (Lipinski definition) is 1. The van der Waals surface area contributed by atoms with Crippen molar-refractivity contribution in [3.8, 4) is 0 Å². The van der Waals surface area contributed by atoms with Gasteiger partial charge in [0.25, 0.3) is 0 Å². The minimum atomic E-state index is -0.367. The van der Waals surface area contributed by atoms with Gasteiger partial charge in [-0.05, 0) is 25.1 Å². The highest BCUT2D eigenvalue weighted by Gasteiger charge is 2.17. The molecule has 88 valence electrons. The average Bonchev–Trinajstić information content (AvgIpc) is 2.20. The number of halogens is 1. The second kappa shape index (κ2) is 5.21. The van der Waals surface area contributed by atoms with Crippen LogP contribution in [0.1, 0.15) is 6.92 Å². The van der Waals surface area contributed by atoms with E-state index in [9.17, 15) is 9.18 Å². The fourth-order valence-electron chi connectivity index (χ4n) is 1.23. The second-order valence-corrected chi connectivity index (χ2v) is 5.06. The molecule has 2 N–H and O–H groups in total. The van der Waals surface area contributed by atoms with Crippen LogP contribution in [0.2, 0.25) is 0 Å². The third kappa shape index (κ3) is 3.13. The normalized spacial score (nSPS) is 12.2. The zero-order valence-corrected chi connectivity index (χ0v) is 10.3. The lowest BCUT2D eigenvalue weighted by Gasteiger charge is -2.17. The van der Waals surface area contributed by atoms with Crippen LogP contribution in [-0.4, -0.2) is 30.2 Å². The first-order chi connectivity index (χ1) is 7.41. The number of hydrogen-bond acceptors (Lipinski definition) is 3. The largest absolute Gasteiger partial charge is 0.398 e. The van der Waals surface area contributed by atoms with Crippen LogP contribution in [-0.2, 0) is 4.79 Å². The Morgan fingerprint density at radius 1 is 1.50 bits per heavy atom. The maximum atomic E-state index is 12.8. The number of nitrogens with zero attached hydrogens (tertiary/aromatic N) is 1. The molecule has 0 fully saturated rings. The van der Waals surface area contributed by atoms with E-state index in [4.69, 9.17) is 5.73 Å². The molecule has 0 radical (unpaired) electrons. The molecule has 1 amide bonds. The highest BCUT2D eigenvalue weighted by Crippen LogP contribution is 2.29. The summed E-state index contributed by atoms with van der Waals surface area (Å²) in [6.07, 6.45) is 0.